The lowest BCUT2D eigenvalue weighted by molar-refractivity contribution is -0.124. The number of fused-ring (bicyclic) bond motifs is 1. The summed E-state index contributed by atoms with van der Waals surface area (Å²) in [6, 6.07) is 22.5. The Kier molecular flexibility index (Phi) is 6.38. The monoisotopic (exact) mass is 414 g/mol. The van der Waals surface area contributed by atoms with Gasteiger partial charge < -0.3 is 14.5 Å². The summed E-state index contributed by atoms with van der Waals surface area (Å²) in [4.78, 5) is 29.4. The molecule has 0 aliphatic rings. The van der Waals surface area contributed by atoms with Crippen molar-refractivity contribution >= 4 is 22.8 Å². The molecule has 0 unspecified atom stereocenters. The van der Waals surface area contributed by atoms with E-state index >= 15 is 0 Å². The zero-order chi connectivity index (χ0) is 21.5. The standard InChI is InChI=1S/C25H22N2O4/c28-24(26-14-6-10-18-8-2-1-3-9-18)17-31-25(29)20-16-22(23-13-7-15-30-23)27-21-12-5-4-11-19(20)21/h1-5,7-9,11-13,15-16H,6,10,14,17H2,(H,26,28). The fraction of sp³-hybridized carbons (Fsp3) is 0.160. The molecule has 1 amide bonds. The number of aryl methyl sites for hydroxylation is 1. The smallest absolute Gasteiger partial charge is 0.339 e. The van der Waals surface area contributed by atoms with Gasteiger partial charge in [-0.25, -0.2) is 9.78 Å². The van der Waals surface area contributed by atoms with E-state index in [2.05, 4.69) is 22.4 Å². The van der Waals surface area contributed by atoms with Gasteiger partial charge in [0.2, 0.25) is 0 Å². The van der Waals surface area contributed by atoms with Crippen LogP contribution >= 0.6 is 0 Å². The molecule has 0 radical (unpaired) electrons. The van der Waals surface area contributed by atoms with Crippen LogP contribution in [-0.4, -0.2) is 30.0 Å². The number of para-hydroxylation sites is 1. The number of amides is 1. The number of pyridine rings is 1. The van der Waals surface area contributed by atoms with Crippen LogP contribution in [0.3, 0.4) is 0 Å². The lowest BCUT2D eigenvalue weighted by atomic mass is 10.1. The van der Waals surface area contributed by atoms with E-state index in [0.717, 1.165) is 12.8 Å². The van der Waals surface area contributed by atoms with E-state index in [1.807, 2.05) is 36.4 Å². The van der Waals surface area contributed by atoms with Crippen LogP contribution < -0.4 is 5.32 Å². The highest BCUT2D eigenvalue weighted by Crippen LogP contribution is 2.25. The van der Waals surface area contributed by atoms with Crippen molar-refractivity contribution in [1.29, 1.82) is 0 Å². The molecule has 4 aromatic rings. The number of nitrogens with one attached hydrogen (secondary N) is 1. The van der Waals surface area contributed by atoms with Crippen LogP contribution in [0.25, 0.3) is 22.4 Å². The van der Waals surface area contributed by atoms with Gasteiger partial charge in [0, 0.05) is 11.9 Å². The van der Waals surface area contributed by atoms with Gasteiger partial charge in [0.05, 0.1) is 17.3 Å². The number of hydrogen-bond donors (Lipinski definition) is 1. The SMILES string of the molecule is O=C(COC(=O)c1cc(-c2ccco2)nc2ccccc12)NCCCc1ccccc1. The third-order valence-electron chi connectivity index (χ3n) is 4.85. The Hall–Kier alpha value is -3.93. The average Bonchev–Trinajstić information content (AvgIpc) is 3.35. The molecule has 6 nitrogen and oxygen atoms in total. The second kappa shape index (κ2) is 9.71. The number of esters is 1. The van der Waals surface area contributed by atoms with E-state index < -0.39 is 5.97 Å². The third kappa shape index (κ3) is 5.17. The fourth-order valence-electron chi connectivity index (χ4n) is 3.32. The molecule has 156 valence electrons. The van der Waals surface area contributed by atoms with E-state index in [1.54, 1.807) is 30.5 Å². The van der Waals surface area contributed by atoms with E-state index in [-0.39, 0.29) is 12.5 Å². The number of hydrogen-bond acceptors (Lipinski definition) is 5. The Morgan fingerprint density at radius 2 is 1.77 bits per heavy atom. The van der Waals surface area contributed by atoms with Crippen molar-refractivity contribution in [1.82, 2.24) is 10.3 Å². The van der Waals surface area contributed by atoms with E-state index in [0.29, 0.717) is 34.5 Å². The number of nitrogens with zero attached hydrogens (tertiary/aromatic N) is 1. The zero-order valence-electron chi connectivity index (χ0n) is 16.9. The number of rotatable bonds is 8. The molecule has 2 heterocycles. The van der Waals surface area contributed by atoms with Crippen molar-refractivity contribution in [3.63, 3.8) is 0 Å². The topological polar surface area (TPSA) is 81.4 Å². The van der Waals surface area contributed by atoms with Crippen molar-refractivity contribution in [2.24, 2.45) is 0 Å². The quantitative estimate of drug-likeness (QED) is 0.341. The number of carbonyl (C=O) groups excluding carboxylic acids is 2. The maximum Gasteiger partial charge on any atom is 0.339 e. The predicted molar refractivity (Wildman–Crippen MR) is 118 cm³/mol. The molecular formula is C25H22N2O4. The molecule has 2 aromatic carbocycles. The Bertz CT molecular complexity index is 1170. The van der Waals surface area contributed by atoms with Gasteiger partial charge in [0.25, 0.3) is 5.91 Å². The number of benzene rings is 2. The largest absolute Gasteiger partial charge is 0.463 e. The molecular weight excluding hydrogens is 392 g/mol. The lowest BCUT2D eigenvalue weighted by Crippen LogP contribution is -2.29. The molecule has 2 aromatic heterocycles. The first-order valence-corrected chi connectivity index (χ1v) is 10.1. The Labute approximate surface area is 179 Å². The number of furan rings is 1. The zero-order valence-corrected chi connectivity index (χ0v) is 16.9. The summed E-state index contributed by atoms with van der Waals surface area (Å²) < 4.78 is 10.7. The minimum Gasteiger partial charge on any atom is -0.463 e. The van der Waals surface area contributed by atoms with Crippen molar-refractivity contribution in [2.75, 3.05) is 13.2 Å². The van der Waals surface area contributed by atoms with Gasteiger partial charge in [0.15, 0.2) is 12.4 Å². The maximum absolute atomic E-state index is 12.7. The third-order valence-corrected chi connectivity index (χ3v) is 4.85. The molecule has 0 aliphatic carbocycles. The molecule has 0 fully saturated rings. The first kappa shape index (κ1) is 20.3. The Morgan fingerprint density at radius 1 is 0.968 bits per heavy atom. The Balaban J connectivity index is 1.36. The summed E-state index contributed by atoms with van der Waals surface area (Å²) in [5.74, 6) is -0.354. The van der Waals surface area contributed by atoms with Gasteiger partial charge in [0.1, 0.15) is 5.69 Å². The molecule has 0 saturated carbocycles. The van der Waals surface area contributed by atoms with Crippen molar-refractivity contribution in [3.8, 4) is 11.5 Å². The van der Waals surface area contributed by atoms with Crippen LogP contribution in [-0.2, 0) is 16.0 Å². The molecule has 0 aliphatic heterocycles. The first-order valence-electron chi connectivity index (χ1n) is 10.1. The highest BCUT2D eigenvalue weighted by molar-refractivity contribution is 6.05. The minimum absolute atomic E-state index is 0.328. The van der Waals surface area contributed by atoms with E-state index in [4.69, 9.17) is 9.15 Å². The maximum atomic E-state index is 12.7. The van der Waals surface area contributed by atoms with Crippen LogP contribution in [0, 0.1) is 0 Å². The van der Waals surface area contributed by atoms with Gasteiger partial charge in [-0.2, -0.15) is 0 Å². The minimum atomic E-state index is -0.578. The highest BCUT2D eigenvalue weighted by Gasteiger charge is 2.17. The number of carbonyl (C=O) groups is 2. The molecule has 0 atom stereocenters. The summed E-state index contributed by atoms with van der Waals surface area (Å²) in [6.45, 7) is 0.184. The van der Waals surface area contributed by atoms with E-state index in [1.165, 1.54) is 5.56 Å². The molecule has 4 rings (SSSR count). The number of ether oxygens (including phenoxy) is 1. The van der Waals surface area contributed by atoms with Crippen molar-refractivity contribution < 1.29 is 18.7 Å². The van der Waals surface area contributed by atoms with Crippen LogP contribution in [0.15, 0.2) is 83.5 Å². The summed E-state index contributed by atoms with van der Waals surface area (Å²) in [5.41, 5.74) is 2.74. The van der Waals surface area contributed by atoms with Gasteiger partial charge in [-0.15, -0.1) is 0 Å². The van der Waals surface area contributed by atoms with Crippen LogP contribution in [0.5, 0.6) is 0 Å². The van der Waals surface area contributed by atoms with Crippen LogP contribution in [0.1, 0.15) is 22.3 Å². The summed E-state index contributed by atoms with van der Waals surface area (Å²) >= 11 is 0. The van der Waals surface area contributed by atoms with E-state index in [9.17, 15) is 9.59 Å². The summed E-state index contributed by atoms with van der Waals surface area (Å²) in [6.07, 6.45) is 3.23. The van der Waals surface area contributed by atoms with Gasteiger partial charge in [-0.1, -0.05) is 48.5 Å². The first-order chi connectivity index (χ1) is 15.2. The second-order valence-corrected chi connectivity index (χ2v) is 7.06. The number of aromatic nitrogens is 1. The summed E-state index contributed by atoms with van der Waals surface area (Å²) in [7, 11) is 0. The average molecular weight is 414 g/mol. The fourth-order valence-corrected chi connectivity index (χ4v) is 3.32. The Morgan fingerprint density at radius 3 is 2.58 bits per heavy atom. The normalized spacial score (nSPS) is 10.7. The molecule has 0 spiro atoms. The highest BCUT2D eigenvalue weighted by atomic mass is 16.5. The van der Waals surface area contributed by atoms with Crippen molar-refractivity contribution in [2.45, 2.75) is 12.8 Å². The second-order valence-electron chi connectivity index (χ2n) is 7.06. The summed E-state index contributed by atoms with van der Waals surface area (Å²) in [5, 5.41) is 3.45. The lowest BCUT2D eigenvalue weighted by Gasteiger charge is -2.10. The predicted octanol–water partition coefficient (Wildman–Crippen LogP) is 4.40. The molecule has 1 N–H and O–H groups in total. The molecule has 31 heavy (non-hydrogen) atoms. The van der Waals surface area contributed by atoms with Crippen LogP contribution in [0.4, 0.5) is 0 Å². The molecule has 6 heteroatoms. The van der Waals surface area contributed by atoms with Crippen molar-refractivity contribution in [3.05, 3.63) is 90.2 Å². The molecule has 0 saturated heterocycles. The van der Waals surface area contributed by atoms with Gasteiger partial charge in [-0.05, 0) is 42.7 Å². The van der Waals surface area contributed by atoms with Crippen LogP contribution in [0.2, 0.25) is 0 Å². The van der Waals surface area contributed by atoms with Gasteiger partial charge in [-0.3, -0.25) is 4.79 Å². The van der Waals surface area contributed by atoms with Gasteiger partial charge >= 0.3 is 5.97 Å². The molecule has 0 bridgehead atoms.